The maximum absolute atomic E-state index is 12.9. The van der Waals surface area contributed by atoms with E-state index < -0.39 is 17.9 Å². The lowest BCUT2D eigenvalue weighted by Gasteiger charge is -2.31. The van der Waals surface area contributed by atoms with Gasteiger partial charge in [-0.05, 0) is 32.5 Å². The van der Waals surface area contributed by atoms with E-state index in [2.05, 4.69) is 10.6 Å². The number of carbonyl (C=O) groups excluding carboxylic acids is 2. The molecule has 1 atom stereocenters. The van der Waals surface area contributed by atoms with Crippen molar-refractivity contribution in [3.8, 4) is 0 Å². The number of halogens is 1. The fourth-order valence-corrected chi connectivity index (χ4v) is 3.45. The maximum Gasteiger partial charge on any atom is 0.336 e. The summed E-state index contributed by atoms with van der Waals surface area (Å²) in [5, 5.41) is 6.57. The molecule has 0 fully saturated rings. The van der Waals surface area contributed by atoms with E-state index in [1.165, 1.54) is 7.11 Å². The number of likely N-dealkylation sites (N-methyl/N-ethyl adjacent to an activating group) is 1. The van der Waals surface area contributed by atoms with Crippen LogP contribution in [-0.2, 0) is 23.8 Å². The van der Waals surface area contributed by atoms with Crippen LogP contribution >= 0.6 is 11.6 Å². The van der Waals surface area contributed by atoms with Gasteiger partial charge in [-0.1, -0.05) is 29.8 Å². The average Bonchev–Trinajstić information content (AvgIpc) is 2.70. The van der Waals surface area contributed by atoms with Crippen molar-refractivity contribution in [2.45, 2.75) is 19.8 Å². The van der Waals surface area contributed by atoms with Crippen molar-refractivity contribution in [1.82, 2.24) is 10.6 Å². The Labute approximate surface area is 176 Å². The minimum Gasteiger partial charge on any atom is -0.466 e. The van der Waals surface area contributed by atoms with Crippen LogP contribution in [0.2, 0.25) is 5.02 Å². The molecule has 0 unspecified atom stereocenters. The van der Waals surface area contributed by atoms with Gasteiger partial charge in [0.05, 0.1) is 49.7 Å². The Bertz CT molecular complexity index is 819. The number of benzene rings is 1. The summed E-state index contributed by atoms with van der Waals surface area (Å²) in [5.74, 6) is -1.82. The monoisotopic (exact) mass is 422 g/mol. The minimum absolute atomic E-state index is 0.155. The fraction of sp³-hybridized carbons (Fsp3) is 0.429. The number of ether oxygens (including phenoxy) is 3. The molecule has 1 heterocycles. The normalized spacial score (nSPS) is 16.5. The summed E-state index contributed by atoms with van der Waals surface area (Å²) in [6.45, 7) is 4.96. The van der Waals surface area contributed by atoms with Gasteiger partial charge in [0.15, 0.2) is 0 Å². The predicted molar refractivity (Wildman–Crippen MR) is 110 cm³/mol. The smallest absolute Gasteiger partial charge is 0.336 e. The molecule has 0 aromatic heterocycles. The number of nitrogens with one attached hydrogen (secondary N) is 2. The van der Waals surface area contributed by atoms with Gasteiger partial charge in [0, 0.05) is 17.3 Å². The molecule has 0 saturated carbocycles. The molecule has 2 rings (SSSR count). The first-order valence-electron chi connectivity index (χ1n) is 9.39. The summed E-state index contributed by atoms with van der Waals surface area (Å²) >= 11 is 6.45. The SMILES string of the molecule is CCOC(=O)C1=C(COCCNC)NC(C)=C(C(=O)OC)[C@@H]1c1ccccc1Cl. The predicted octanol–water partition coefficient (Wildman–Crippen LogP) is 2.53. The first kappa shape index (κ1) is 22.9. The van der Waals surface area contributed by atoms with Gasteiger partial charge >= 0.3 is 11.9 Å². The first-order chi connectivity index (χ1) is 14.0. The molecule has 0 radical (unpaired) electrons. The number of hydrogen-bond acceptors (Lipinski definition) is 7. The summed E-state index contributed by atoms with van der Waals surface area (Å²) in [6.07, 6.45) is 0. The lowest BCUT2D eigenvalue weighted by atomic mass is 9.80. The van der Waals surface area contributed by atoms with Crippen LogP contribution in [0, 0.1) is 0 Å². The molecule has 2 N–H and O–H groups in total. The Balaban J connectivity index is 2.62. The maximum atomic E-state index is 12.9. The standard InChI is InChI=1S/C21H27ClN2O5/c1-5-29-21(26)19-16(12-28-11-10-23-3)24-13(2)17(20(25)27-4)18(19)14-8-6-7-9-15(14)22/h6-9,18,23-24H,5,10-12H2,1-4H3/t18-/m0/s1. The zero-order valence-electron chi connectivity index (χ0n) is 17.1. The van der Waals surface area contributed by atoms with E-state index in [1.807, 2.05) is 7.05 Å². The molecule has 0 saturated heterocycles. The van der Waals surface area contributed by atoms with Gasteiger partial charge in [-0.25, -0.2) is 9.59 Å². The van der Waals surface area contributed by atoms with Gasteiger partial charge < -0.3 is 24.8 Å². The Morgan fingerprint density at radius 1 is 1.21 bits per heavy atom. The highest BCUT2D eigenvalue weighted by atomic mass is 35.5. The zero-order chi connectivity index (χ0) is 21.4. The Morgan fingerprint density at radius 2 is 1.93 bits per heavy atom. The van der Waals surface area contributed by atoms with Crippen LogP contribution in [0.1, 0.15) is 25.3 Å². The van der Waals surface area contributed by atoms with Gasteiger partial charge in [0.2, 0.25) is 0 Å². The van der Waals surface area contributed by atoms with Crippen molar-refractivity contribution < 1.29 is 23.8 Å². The van der Waals surface area contributed by atoms with Crippen molar-refractivity contribution in [3.05, 3.63) is 57.4 Å². The van der Waals surface area contributed by atoms with Crippen molar-refractivity contribution in [2.75, 3.05) is 40.5 Å². The molecule has 8 heteroatoms. The highest BCUT2D eigenvalue weighted by molar-refractivity contribution is 6.31. The van der Waals surface area contributed by atoms with Gasteiger partial charge in [0.25, 0.3) is 0 Å². The van der Waals surface area contributed by atoms with E-state index in [4.69, 9.17) is 25.8 Å². The van der Waals surface area contributed by atoms with E-state index in [0.29, 0.717) is 40.7 Å². The molecule has 1 aliphatic heterocycles. The van der Waals surface area contributed by atoms with Gasteiger partial charge in [0.1, 0.15) is 0 Å². The van der Waals surface area contributed by atoms with Crippen LogP contribution < -0.4 is 10.6 Å². The fourth-order valence-electron chi connectivity index (χ4n) is 3.21. The second kappa shape index (κ2) is 11.0. The molecule has 0 aliphatic carbocycles. The third kappa shape index (κ3) is 5.38. The number of carbonyl (C=O) groups is 2. The molecule has 0 spiro atoms. The number of esters is 2. The van der Waals surface area contributed by atoms with Gasteiger partial charge in [-0.3, -0.25) is 0 Å². The van der Waals surface area contributed by atoms with E-state index in [-0.39, 0.29) is 18.8 Å². The molecule has 1 aromatic rings. The van der Waals surface area contributed by atoms with Crippen LogP contribution in [-0.4, -0.2) is 52.5 Å². The number of hydrogen-bond donors (Lipinski definition) is 2. The third-order valence-electron chi connectivity index (χ3n) is 4.50. The molecule has 29 heavy (non-hydrogen) atoms. The first-order valence-corrected chi connectivity index (χ1v) is 9.77. The molecule has 1 aliphatic rings. The van der Waals surface area contributed by atoms with Crippen LogP contribution in [0.5, 0.6) is 0 Å². The largest absolute Gasteiger partial charge is 0.466 e. The lowest BCUT2D eigenvalue weighted by molar-refractivity contribution is -0.139. The molecule has 0 amide bonds. The second-order valence-electron chi connectivity index (χ2n) is 6.38. The van der Waals surface area contributed by atoms with E-state index in [1.54, 1.807) is 38.1 Å². The third-order valence-corrected chi connectivity index (χ3v) is 4.85. The number of dihydropyridines is 1. The minimum atomic E-state index is -0.737. The zero-order valence-corrected chi connectivity index (χ0v) is 17.9. The summed E-state index contributed by atoms with van der Waals surface area (Å²) in [5.41, 5.74) is 2.32. The van der Waals surface area contributed by atoms with E-state index in [9.17, 15) is 9.59 Å². The van der Waals surface area contributed by atoms with Crippen molar-refractivity contribution in [3.63, 3.8) is 0 Å². The summed E-state index contributed by atoms with van der Waals surface area (Å²) < 4.78 is 16.0. The number of allylic oxidation sites excluding steroid dienone is 1. The highest BCUT2D eigenvalue weighted by Crippen LogP contribution is 2.41. The van der Waals surface area contributed by atoms with Crippen LogP contribution in [0.15, 0.2) is 46.8 Å². The number of rotatable bonds is 9. The molecular formula is C21H27ClN2O5. The van der Waals surface area contributed by atoms with Gasteiger partial charge in [-0.15, -0.1) is 0 Å². The van der Waals surface area contributed by atoms with Crippen molar-refractivity contribution in [1.29, 1.82) is 0 Å². The molecule has 1 aromatic carbocycles. The summed E-state index contributed by atoms with van der Waals surface area (Å²) in [6, 6.07) is 7.10. The van der Waals surface area contributed by atoms with Crippen molar-refractivity contribution in [2.24, 2.45) is 0 Å². The highest BCUT2D eigenvalue weighted by Gasteiger charge is 2.39. The van der Waals surface area contributed by atoms with Crippen molar-refractivity contribution >= 4 is 23.5 Å². The van der Waals surface area contributed by atoms with Crippen LogP contribution in [0.25, 0.3) is 0 Å². The Morgan fingerprint density at radius 3 is 2.55 bits per heavy atom. The summed E-state index contributed by atoms with van der Waals surface area (Å²) in [7, 11) is 3.13. The van der Waals surface area contributed by atoms with E-state index in [0.717, 1.165) is 0 Å². The lowest BCUT2D eigenvalue weighted by Crippen LogP contribution is -2.35. The quantitative estimate of drug-likeness (QED) is 0.467. The molecular weight excluding hydrogens is 396 g/mol. The summed E-state index contributed by atoms with van der Waals surface area (Å²) in [4.78, 5) is 25.6. The molecule has 158 valence electrons. The Kier molecular flexibility index (Phi) is 8.70. The van der Waals surface area contributed by atoms with E-state index >= 15 is 0 Å². The molecule has 7 nitrogen and oxygen atoms in total. The van der Waals surface area contributed by atoms with Gasteiger partial charge in [-0.2, -0.15) is 0 Å². The Hall–Kier alpha value is -2.35. The second-order valence-corrected chi connectivity index (χ2v) is 6.79. The van der Waals surface area contributed by atoms with Crippen LogP contribution in [0.4, 0.5) is 0 Å². The average molecular weight is 423 g/mol. The van der Waals surface area contributed by atoms with Crippen LogP contribution in [0.3, 0.4) is 0 Å². The molecule has 0 bridgehead atoms. The number of methoxy groups -OCH3 is 1. The topological polar surface area (TPSA) is 85.9 Å².